The molecular weight excluding hydrogens is 352 g/mol. The number of rotatable bonds is 8. The zero-order chi connectivity index (χ0) is 20.3. The molecule has 152 valence electrons. The lowest BCUT2D eigenvalue weighted by atomic mass is 10.1. The second kappa shape index (κ2) is 8.67. The van der Waals surface area contributed by atoms with Gasteiger partial charge >= 0.3 is 6.03 Å². The van der Waals surface area contributed by atoms with Gasteiger partial charge in [0.15, 0.2) is 0 Å². The number of carbonyl (C=O) groups is 1. The minimum absolute atomic E-state index is 0.320. The van der Waals surface area contributed by atoms with Crippen molar-refractivity contribution in [2.24, 2.45) is 11.8 Å². The van der Waals surface area contributed by atoms with Gasteiger partial charge in [-0.2, -0.15) is 0 Å². The second-order valence-electron chi connectivity index (χ2n) is 8.66. The minimum atomic E-state index is -0.320. The maximum absolute atomic E-state index is 12.6. The molecule has 0 aliphatic heterocycles. The Bertz CT molecular complexity index is 799. The number of nitrogens with zero attached hydrogens (tertiary/aromatic N) is 2. The van der Waals surface area contributed by atoms with Gasteiger partial charge in [0, 0.05) is 19.2 Å². The van der Waals surface area contributed by atoms with Crippen molar-refractivity contribution in [2.75, 3.05) is 28.6 Å². The topological polar surface area (TPSA) is 70.4 Å². The van der Waals surface area contributed by atoms with Crippen molar-refractivity contribution in [2.45, 2.75) is 53.4 Å². The van der Waals surface area contributed by atoms with E-state index in [0.29, 0.717) is 23.6 Å². The van der Waals surface area contributed by atoms with Crippen LogP contribution < -0.4 is 15.5 Å². The van der Waals surface area contributed by atoms with Crippen LogP contribution in [0.3, 0.4) is 0 Å². The largest absolute Gasteiger partial charge is 0.369 e. The smallest absolute Gasteiger partial charge is 0.326 e. The number of urea groups is 1. The van der Waals surface area contributed by atoms with Crippen LogP contribution in [-0.4, -0.2) is 24.3 Å². The molecule has 28 heavy (non-hydrogen) atoms. The molecule has 0 saturated heterocycles. The quantitative estimate of drug-likeness (QED) is 0.619. The van der Waals surface area contributed by atoms with E-state index in [-0.39, 0.29) is 6.03 Å². The van der Waals surface area contributed by atoms with Crippen molar-refractivity contribution in [1.29, 1.82) is 0 Å². The summed E-state index contributed by atoms with van der Waals surface area (Å²) >= 11 is 0. The average Bonchev–Trinajstić information content (AvgIpc) is 3.36. The molecule has 1 aliphatic rings. The monoisotopic (exact) mass is 384 g/mol. The zero-order valence-corrected chi connectivity index (χ0v) is 17.6. The Balaban J connectivity index is 1.85. The molecule has 0 unspecified atom stereocenters. The van der Waals surface area contributed by atoms with E-state index >= 15 is 0 Å². The Morgan fingerprint density at radius 3 is 2.36 bits per heavy atom. The summed E-state index contributed by atoms with van der Waals surface area (Å²) in [5, 5.41) is 9.57. The lowest BCUT2D eigenvalue weighted by Crippen LogP contribution is -2.32. The van der Waals surface area contributed by atoms with Crippen molar-refractivity contribution >= 4 is 23.3 Å². The first kappa shape index (κ1) is 20.2. The van der Waals surface area contributed by atoms with Crippen LogP contribution in [0.5, 0.6) is 0 Å². The van der Waals surface area contributed by atoms with E-state index in [9.17, 15) is 4.79 Å². The summed E-state index contributed by atoms with van der Waals surface area (Å²) in [6, 6.07) is 7.88. The van der Waals surface area contributed by atoms with Crippen molar-refractivity contribution in [3.63, 3.8) is 0 Å². The van der Waals surface area contributed by atoms with Crippen LogP contribution in [0.4, 0.5) is 22.1 Å². The Kier molecular flexibility index (Phi) is 6.27. The van der Waals surface area contributed by atoms with Gasteiger partial charge in [0.1, 0.15) is 0 Å². The Morgan fingerprint density at radius 1 is 1.14 bits per heavy atom. The second-order valence-corrected chi connectivity index (χ2v) is 8.66. The summed E-state index contributed by atoms with van der Waals surface area (Å²) in [6.45, 7) is 12.6. The molecule has 0 spiro atoms. The van der Waals surface area contributed by atoms with Crippen LogP contribution in [0.2, 0.25) is 0 Å². The predicted molar refractivity (Wildman–Crippen MR) is 114 cm³/mol. The van der Waals surface area contributed by atoms with Crippen LogP contribution in [0, 0.1) is 18.8 Å². The van der Waals surface area contributed by atoms with Gasteiger partial charge in [-0.05, 0) is 55.2 Å². The molecule has 1 saturated carbocycles. The summed E-state index contributed by atoms with van der Waals surface area (Å²) < 4.78 is 5.10. The van der Waals surface area contributed by atoms with E-state index in [1.807, 2.05) is 6.92 Å². The number of amides is 2. The molecule has 0 bridgehead atoms. The first-order valence-corrected chi connectivity index (χ1v) is 10.2. The van der Waals surface area contributed by atoms with Gasteiger partial charge in [-0.3, -0.25) is 5.32 Å². The van der Waals surface area contributed by atoms with Crippen molar-refractivity contribution in [3.8, 4) is 0 Å². The molecule has 1 aromatic heterocycles. The van der Waals surface area contributed by atoms with E-state index < -0.39 is 0 Å². The van der Waals surface area contributed by atoms with E-state index in [0.717, 1.165) is 30.2 Å². The van der Waals surface area contributed by atoms with Gasteiger partial charge in [-0.15, -0.1) is 0 Å². The first-order valence-electron chi connectivity index (χ1n) is 10.2. The van der Waals surface area contributed by atoms with Crippen LogP contribution >= 0.6 is 0 Å². The molecule has 1 aromatic carbocycles. The lowest BCUT2D eigenvalue weighted by molar-refractivity contribution is 0.261. The number of carbonyl (C=O) groups excluding carboxylic acids is 1. The van der Waals surface area contributed by atoms with Crippen molar-refractivity contribution in [3.05, 3.63) is 35.5 Å². The summed E-state index contributed by atoms with van der Waals surface area (Å²) in [7, 11) is 0. The number of aromatic nitrogens is 1. The van der Waals surface area contributed by atoms with Gasteiger partial charge < -0.3 is 14.7 Å². The standard InChI is InChI=1S/C22H32N4O2/c1-14(2)12-26(13-15(3)4)20-9-8-18(17-6-7-17)11-19(20)23-22(27)24-21-10-16(5)25-28-21/h8-11,14-15,17H,6-7,12-13H2,1-5H3,(H2,23,24,27). The SMILES string of the molecule is Cc1cc(NC(=O)Nc2cc(C3CC3)ccc2N(CC(C)C)CC(C)C)on1. The zero-order valence-electron chi connectivity index (χ0n) is 17.6. The maximum Gasteiger partial charge on any atom is 0.326 e. The molecule has 1 heterocycles. The van der Waals surface area contributed by atoms with Crippen LogP contribution in [0.25, 0.3) is 0 Å². The van der Waals surface area contributed by atoms with E-state index in [2.05, 4.69) is 66.6 Å². The highest BCUT2D eigenvalue weighted by Gasteiger charge is 2.25. The molecular formula is C22H32N4O2. The van der Waals surface area contributed by atoms with E-state index in [1.54, 1.807) is 6.07 Å². The molecule has 1 aliphatic carbocycles. The highest BCUT2D eigenvalue weighted by Crippen LogP contribution is 2.42. The molecule has 3 rings (SSSR count). The van der Waals surface area contributed by atoms with Gasteiger partial charge in [-0.1, -0.05) is 38.9 Å². The van der Waals surface area contributed by atoms with Crippen LogP contribution in [0.15, 0.2) is 28.8 Å². The highest BCUT2D eigenvalue weighted by atomic mass is 16.5. The first-order chi connectivity index (χ1) is 13.3. The number of aryl methyl sites for hydroxylation is 1. The minimum Gasteiger partial charge on any atom is -0.369 e. The number of benzene rings is 1. The third-order valence-corrected chi connectivity index (χ3v) is 4.69. The van der Waals surface area contributed by atoms with E-state index in [1.165, 1.54) is 18.4 Å². The molecule has 2 N–H and O–H groups in total. The Morgan fingerprint density at radius 2 is 1.82 bits per heavy atom. The molecule has 6 heteroatoms. The highest BCUT2D eigenvalue weighted by molar-refractivity contribution is 6.01. The number of hydrogen-bond donors (Lipinski definition) is 2. The fourth-order valence-corrected chi connectivity index (χ4v) is 3.44. The van der Waals surface area contributed by atoms with Crippen LogP contribution in [0.1, 0.15) is 57.7 Å². The molecule has 2 amide bonds. The summed E-state index contributed by atoms with van der Waals surface area (Å²) in [5.74, 6) is 2.02. The Hall–Kier alpha value is -2.50. The fraction of sp³-hybridized carbons (Fsp3) is 0.545. The predicted octanol–water partition coefficient (Wildman–Crippen LogP) is 5.62. The lowest BCUT2D eigenvalue weighted by Gasteiger charge is -2.30. The average molecular weight is 385 g/mol. The third kappa shape index (κ3) is 5.50. The maximum atomic E-state index is 12.6. The molecule has 6 nitrogen and oxygen atoms in total. The molecule has 0 atom stereocenters. The van der Waals surface area contributed by atoms with Crippen molar-refractivity contribution < 1.29 is 9.32 Å². The third-order valence-electron chi connectivity index (χ3n) is 4.69. The molecule has 2 aromatic rings. The Labute approximate surface area is 167 Å². The van der Waals surface area contributed by atoms with Crippen LogP contribution in [-0.2, 0) is 0 Å². The van der Waals surface area contributed by atoms with Crippen molar-refractivity contribution in [1.82, 2.24) is 5.16 Å². The number of anilines is 3. The van der Waals surface area contributed by atoms with Gasteiger partial charge in [0.2, 0.25) is 5.88 Å². The van der Waals surface area contributed by atoms with E-state index in [4.69, 9.17) is 4.52 Å². The fourth-order valence-electron chi connectivity index (χ4n) is 3.44. The number of nitrogens with one attached hydrogen (secondary N) is 2. The normalized spacial score (nSPS) is 13.8. The van der Waals surface area contributed by atoms with Gasteiger partial charge in [0.25, 0.3) is 0 Å². The molecule has 1 fully saturated rings. The van der Waals surface area contributed by atoms with Gasteiger partial charge in [0.05, 0.1) is 17.1 Å². The number of hydrogen-bond acceptors (Lipinski definition) is 4. The van der Waals surface area contributed by atoms with Gasteiger partial charge in [-0.25, -0.2) is 4.79 Å². The summed E-state index contributed by atoms with van der Waals surface area (Å²) in [6.07, 6.45) is 2.45. The molecule has 0 radical (unpaired) electrons. The summed E-state index contributed by atoms with van der Waals surface area (Å²) in [4.78, 5) is 15.0. The summed E-state index contributed by atoms with van der Waals surface area (Å²) in [5.41, 5.74) is 3.94.